The molecule has 2 atom stereocenters. The van der Waals surface area contributed by atoms with Crippen LogP contribution in [-0.2, 0) is 23.3 Å². The highest BCUT2D eigenvalue weighted by molar-refractivity contribution is 7.90. The number of aryl methyl sites for hydroxylation is 1. The molecule has 0 amide bonds. The Morgan fingerprint density at radius 1 is 0.868 bits per heavy atom. The lowest BCUT2D eigenvalue weighted by atomic mass is 9.84. The average Bonchev–Trinajstić information content (AvgIpc) is 2.82. The molecule has 1 N–H and O–H groups in total. The molecule has 0 saturated carbocycles. The van der Waals surface area contributed by atoms with Crippen LogP contribution in [0.1, 0.15) is 74.4 Å². The van der Waals surface area contributed by atoms with Crippen molar-refractivity contribution in [3.63, 3.8) is 0 Å². The van der Waals surface area contributed by atoms with Gasteiger partial charge in [-0.3, -0.25) is 4.79 Å². The van der Waals surface area contributed by atoms with Crippen molar-refractivity contribution in [2.24, 2.45) is 0 Å². The Kier molecular flexibility index (Phi) is 11.1. The van der Waals surface area contributed by atoms with Crippen LogP contribution in [0.3, 0.4) is 0 Å². The first-order valence-corrected chi connectivity index (χ1v) is 13.3. The van der Waals surface area contributed by atoms with Gasteiger partial charge in [-0.25, -0.2) is 0 Å². The van der Waals surface area contributed by atoms with Gasteiger partial charge in [0.05, 0.1) is 6.61 Å². The smallest absolute Gasteiger partial charge is 0.415 e. The minimum atomic E-state index is -4.82. The molecule has 0 aromatic heterocycles. The first-order valence-electron chi connectivity index (χ1n) is 12.2. The molecular formula is C27H33F6NO3S. The van der Waals surface area contributed by atoms with Crippen LogP contribution in [-0.4, -0.2) is 34.5 Å². The summed E-state index contributed by atoms with van der Waals surface area (Å²) in [6.45, 7) is 4.84. The van der Waals surface area contributed by atoms with Crippen LogP contribution in [0.25, 0.3) is 0 Å². The maximum atomic E-state index is 14.8. The normalized spacial score (nSPS) is 15.1. The van der Waals surface area contributed by atoms with Gasteiger partial charge in [0.15, 0.2) is 5.54 Å². The van der Waals surface area contributed by atoms with Crippen LogP contribution in [0.4, 0.5) is 26.3 Å². The zero-order valence-electron chi connectivity index (χ0n) is 21.5. The van der Waals surface area contributed by atoms with E-state index in [1.165, 1.54) is 36.4 Å². The molecule has 0 fully saturated rings. The fraction of sp³-hybridized carbons (Fsp3) is 0.519. The average molecular weight is 566 g/mol. The molecule has 2 rings (SSSR count). The van der Waals surface area contributed by atoms with Crippen LogP contribution in [0.15, 0.2) is 48.5 Å². The number of unbranched alkanes of at least 4 members (excludes halogenated alkanes) is 2. The molecule has 0 aliphatic rings. The van der Waals surface area contributed by atoms with E-state index in [4.69, 9.17) is 4.74 Å². The van der Waals surface area contributed by atoms with Gasteiger partial charge in [-0.15, -0.1) is 4.72 Å². The van der Waals surface area contributed by atoms with Gasteiger partial charge in [-0.2, -0.15) is 26.3 Å². The van der Waals surface area contributed by atoms with E-state index in [1.807, 2.05) is 0 Å². The maximum absolute atomic E-state index is 14.8. The number of hydrogen-bond acceptors (Lipinski definition) is 4. The number of rotatable bonds is 13. The molecule has 0 bridgehead atoms. The standard InChI is InChI=1S/C27H33F6NO3S/c1-24(2,3)38(36)34-25(27(31,32)33,17-15-20-7-9-21(19-35)10-8-20)22-11-13-23(14-12-22)37-18-6-4-5-16-26(28,29)30/h7-14,19,34H,4-6,15-18H2,1-3H3/t25-,38-/m0/s1. The maximum Gasteiger partial charge on any atom is 0.415 e. The molecule has 11 heteroatoms. The Hall–Kier alpha value is -2.24. The van der Waals surface area contributed by atoms with Crippen LogP contribution in [0, 0.1) is 0 Å². The number of alkyl halides is 6. The predicted octanol–water partition coefficient (Wildman–Crippen LogP) is 7.44. The van der Waals surface area contributed by atoms with E-state index in [0.29, 0.717) is 30.3 Å². The molecule has 0 aliphatic carbocycles. The second kappa shape index (κ2) is 13.2. The van der Waals surface area contributed by atoms with Crippen molar-refractivity contribution in [1.29, 1.82) is 0 Å². The summed E-state index contributed by atoms with van der Waals surface area (Å²) in [5, 5.41) is 0. The molecule has 212 valence electrons. The Morgan fingerprint density at radius 3 is 1.97 bits per heavy atom. The highest BCUT2D eigenvalue weighted by atomic mass is 32.2. The molecule has 38 heavy (non-hydrogen) atoms. The molecule has 4 nitrogen and oxygen atoms in total. The van der Waals surface area contributed by atoms with Gasteiger partial charge in [0.25, 0.3) is 0 Å². The third kappa shape index (κ3) is 9.50. The van der Waals surface area contributed by atoms with Crippen LogP contribution < -0.4 is 9.46 Å². The van der Waals surface area contributed by atoms with Crippen molar-refractivity contribution in [1.82, 2.24) is 4.72 Å². The summed E-state index contributed by atoms with van der Waals surface area (Å²) in [6, 6.07) is 11.5. The lowest BCUT2D eigenvalue weighted by Crippen LogP contribution is -2.59. The molecular weight excluding hydrogens is 532 g/mol. The minimum Gasteiger partial charge on any atom is -0.598 e. The van der Waals surface area contributed by atoms with Gasteiger partial charge < -0.3 is 9.29 Å². The van der Waals surface area contributed by atoms with Gasteiger partial charge in [-0.1, -0.05) is 36.4 Å². The summed E-state index contributed by atoms with van der Waals surface area (Å²) in [5.74, 6) is 0.280. The van der Waals surface area contributed by atoms with Crippen molar-refractivity contribution >= 4 is 17.6 Å². The Bertz CT molecular complexity index is 1000. The topological polar surface area (TPSA) is 61.4 Å². The van der Waals surface area contributed by atoms with Crippen molar-refractivity contribution in [3.05, 3.63) is 65.2 Å². The van der Waals surface area contributed by atoms with Gasteiger partial charge in [0, 0.05) is 23.3 Å². The molecule has 0 unspecified atom stereocenters. The minimum absolute atomic E-state index is 0.0107. The Labute approximate surface area is 222 Å². The lowest BCUT2D eigenvalue weighted by Gasteiger charge is -2.39. The Morgan fingerprint density at radius 2 is 1.47 bits per heavy atom. The van der Waals surface area contributed by atoms with E-state index in [0.717, 1.165) is 0 Å². The fourth-order valence-electron chi connectivity index (χ4n) is 3.65. The second-order valence-corrected chi connectivity index (χ2v) is 12.0. The van der Waals surface area contributed by atoms with E-state index in [9.17, 15) is 35.7 Å². The van der Waals surface area contributed by atoms with Crippen LogP contribution in [0.2, 0.25) is 0 Å². The molecule has 0 saturated heterocycles. The van der Waals surface area contributed by atoms with Gasteiger partial charge >= 0.3 is 12.4 Å². The van der Waals surface area contributed by atoms with Crippen molar-refractivity contribution < 1.29 is 40.4 Å². The molecule has 0 heterocycles. The number of benzene rings is 2. The fourth-order valence-corrected chi connectivity index (χ4v) is 4.61. The third-order valence-electron chi connectivity index (χ3n) is 5.93. The van der Waals surface area contributed by atoms with Gasteiger partial charge in [0.1, 0.15) is 16.8 Å². The first-order chi connectivity index (χ1) is 17.6. The molecule has 0 radical (unpaired) electrons. The summed E-state index contributed by atoms with van der Waals surface area (Å²) >= 11 is -2.06. The molecule has 2 aromatic carbocycles. The number of hydrogen-bond donors (Lipinski definition) is 1. The predicted molar refractivity (Wildman–Crippen MR) is 135 cm³/mol. The summed E-state index contributed by atoms with van der Waals surface area (Å²) in [6.07, 6.45) is -9.06. The highest BCUT2D eigenvalue weighted by Crippen LogP contribution is 2.44. The summed E-state index contributed by atoms with van der Waals surface area (Å²) < 4.78 is 101. The van der Waals surface area contributed by atoms with Crippen molar-refractivity contribution in [2.75, 3.05) is 6.61 Å². The quantitative estimate of drug-likeness (QED) is 0.119. The lowest BCUT2D eigenvalue weighted by molar-refractivity contribution is -0.197. The summed E-state index contributed by atoms with van der Waals surface area (Å²) in [4.78, 5) is 10.9. The number of aldehydes is 1. The first kappa shape index (κ1) is 32.0. The number of nitrogens with one attached hydrogen (secondary N) is 1. The zero-order chi connectivity index (χ0) is 28.6. The van der Waals surface area contributed by atoms with E-state index >= 15 is 0 Å². The monoisotopic (exact) mass is 565 g/mol. The van der Waals surface area contributed by atoms with Gasteiger partial charge in [0.2, 0.25) is 0 Å². The Balaban J connectivity index is 2.24. The SMILES string of the molecule is CC(C)(C)[S@+]([O-])N[C@@](CCc1ccc(C=O)cc1)(c1ccc(OCCCCCC(F)(F)F)cc1)C(F)(F)F. The van der Waals surface area contributed by atoms with Gasteiger partial charge in [-0.05, 0) is 76.1 Å². The van der Waals surface area contributed by atoms with Crippen molar-refractivity contribution in [2.45, 2.75) is 81.9 Å². The zero-order valence-corrected chi connectivity index (χ0v) is 22.4. The number of halogens is 6. The largest absolute Gasteiger partial charge is 0.598 e. The van der Waals surface area contributed by atoms with Crippen molar-refractivity contribution in [3.8, 4) is 5.75 Å². The van der Waals surface area contributed by atoms with E-state index in [1.54, 1.807) is 32.9 Å². The highest BCUT2D eigenvalue weighted by Gasteiger charge is 2.59. The molecule has 0 aliphatic heterocycles. The number of carbonyl (C=O) groups is 1. The number of ether oxygens (including phenoxy) is 1. The van der Waals surface area contributed by atoms with Crippen LogP contribution in [0.5, 0.6) is 5.75 Å². The number of carbonyl (C=O) groups excluding carboxylic acids is 1. The molecule has 0 spiro atoms. The molecule has 2 aromatic rings. The van der Waals surface area contributed by atoms with Crippen LogP contribution >= 0.6 is 0 Å². The van der Waals surface area contributed by atoms with E-state index < -0.39 is 46.8 Å². The van der Waals surface area contributed by atoms with E-state index in [2.05, 4.69) is 4.72 Å². The summed E-state index contributed by atoms with van der Waals surface area (Å²) in [5.41, 5.74) is -1.81. The second-order valence-electron chi connectivity index (χ2n) is 10.0. The van der Waals surface area contributed by atoms with E-state index in [-0.39, 0.29) is 30.8 Å². The summed E-state index contributed by atoms with van der Waals surface area (Å²) in [7, 11) is 0. The third-order valence-corrected chi connectivity index (χ3v) is 7.58.